The monoisotopic (exact) mass is 335 g/mol. The number of urea groups is 1. The Morgan fingerprint density at radius 1 is 1.42 bits per heavy atom. The number of carbonyl (C=O) groups excluding carboxylic acids is 2. The van der Waals surface area contributed by atoms with E-state index in [1.165, 1.54) is 6.92 Å². The topological polar surface area (TPSA) is 79.3 Å². The average Bonchev–Trinajstić information content (AvgIpc) is 2.82. The van der Waals surface area contributed by atoms with Gasteiger partial charge >= 0.3 is 6.03 Å². The molecule has 3 amide bonds. The molecule has 7 heteroatoms. The Labute approximate surface area is 143 Å². The molecule has 0 aliphatic carbocycles. The summed E-state index contributed by atoms with van der Waals surface area (Å²) in [7, 11) is 0. The van der Waals surface area contributed by atoms with Gasteiger partial charge in [-0.25, -0.2) is 4.79 Å². The predicted octanol–water partition coefficient (Wildman–Crippen LogP) is 1.45. The van der Waals surface area contributed by atoms with E-state index < -0.39 is 0 Å². The number of nitrogens with zero attached hydrogens (tertiary/aromatic N) is 3. The molecular weight excluding hydrogens is 306 g/mol. The Hall–Kier alpha value is -2.05. The Morgan fingerprint density at radius 2 is 2.17 bits per heavy atom. The molecule has 0 spiro atoms. The van der Waals surface area contributed by atoms with E-state index in [1.54, 1.807) is 4.90 Å². The second-order valence-electron chi connectivity index (χ2n) is 6.89. The summed E-state index contributed by atoms with van der Waals surface area (Å²) in [6.45, 7) is 10.4. The summed E-state index contributed by atoms with van der Waals surface area (Å²) in [6, 6.07) is 2.07. The molecule has 1 saturated heterocycles. The zero-order valence-corrected chi connectivity index (χ0v) is 15.1. The fourth-order valence-electron chi connectivity index (χ4n) is 3.16. The summed E-state index contributed by atoms with van der Waals surface area (Å²) in [6.07, 6.45) is 1.84. The summed E-state index contributed by atoms with van der Waals surface area (Å²) in [5.41, 5.74) is 2.15. The second kappa shape index (κ2) is 8.17. The van der Waals surface area contributed by atoms with Crippen LogP contribution in [-0.2, 0) is 11.3 Å². The third-order valence-electron chi connectivity index (χ3n) is 4.31. The van der Waals surface area contributed by atoms with Crippen LogP contribution >= 0.6 is 0 Å². The molecule has 7 nitrogen and oxygen atoms in total. The third kappa shape index (κ3) is 5.25. The number of piperidine rings is 1. The molecule has 0 saturated carbocycles. The van der Waals surface area contributed by atoms with E-state index in [-0.39, 0.29) is 18.0 Å². The van der Waals surface area contributed by atoms with Gasteiger partial charge in [-0.05, 0) is 38.7 Å². The van der Waals surface area contributed by atoms with Crippen LogP contribution in [0.15, 0.2) is 6.07 Å². The molecule has 1 aliphatic rings. The molecule has 134 valence electrons. The first kappa shape index (κ1) is 18.3. The first-order chi connectivity index (χ1) is 11.3. The summed E-state index contributed by atoms with van der Waals surface area (Å²) < 4.78 is 1.99. The highest BCUT2D eigenvalue weighted by molar-refractivity contribution is 5.75. The zero-order chi connectivity index (χ0) is 17.7. The summed E-state index contributed by atoms with van der Waals surface area (Å²) in [5.74, 6) is 0.253. The molecule has 1 fully saturated rings. The van der Waals surface area contributed by atoms with E-state index in [0.717, 1.165) is 37.3 Å². The fourth-order valence-corrected chi connectivity index (χ4v) is 3.16. The van der Waals surface area contributed by atoms with Crippen LogP contribution in [0.25, 0.3) is 0 Å². The van der Waals surface area contributed by atoms with Gasteiger partial charge < -0.3 is 15.5 Å². The molecule has 2 heterocycles. The number of hydrogen-bond donors (Lipinski definition) is 2. The summed E-state index contributed by atoms with van der Waals surface area (Å²) >= 11 is 0. The number of aromatic nitrogens is 2. The Morgan fingerprint density at radius 3 is 2.79 bits per heavy atom. The van der Waals surface area contributed by atoms with Crippen molar-refractivity contribution in [2.75, 3.05) is 19.6 Å². The lowest BCUT2D eigenvalue weighted by molar-refractivity contribution is -0.119. The lowest BCUT2D eigenvalue weighted by Crippen LogP contribution is -2.52. The van der Waals surface area contributed by atoms with Crippen LogP contribution in [0, 0.1) is 19.8 Å². The minimum atomic E-state index is -0.0507. The van der Waals surface area contributed by atoms with Gasteiger partial charge in [0, 0.05) is 44.8 Å². The standard InChI is InChI=1S/C17H29N5O2/c1-12(10-22-14(3)8-13(2)20-22)9-18-17(24)21-7-5-6-16(11-21)19-15(4)23/h8,12,16H,5-7,9-11H2,1-4H3,(H,18,24)(H,19,23)/t12-,16+/m1/s1. The van der Waals surface area contributed by atoms with Crippen LogP contribution < -0.4 is 10.6 Å². The molecule has 1 aromatic rings. The summed E-state index contributed by atoms with van der Waals surface area (Å²) in [4.78, 5) is 25.3. The first-order valence-corrected chi connectivity index (χ1v) is 8.66. The molecule has 1 aromatic heterocycles. The maximum atomic E-state index is 12.3. The first-order valence-electron chi connectivity index (χ1n) is 8.66. The van der Waals surface area contributed by atoms with Crippen molar-refractivity contribution in [2.24, 2.45) is 5.92 Å². The van der Waals surface area contributed by atoms with Crippen LogP contribution in [0.1, 0.15) is 38.1 Å². The number of rotatable bonds is 5. The van der Waals surface area contributed by atoms with Crippen molar-refractivity contribution in [2.45, 2.75) is 53.1 Å². The number of likely N-dealkylation sites (tertiary alicyclic amines) is 1. The van der Waals surface area contributed by atoms with Gasteiger partial charge in [0.25, 0.3) is 0 Å². The smallest absolute Gasteiger partial charge is 0.317 e. The highest BCUT2D eigenvalue weighted by atomic mass is 16.2. The molecule has 0 radical (unpaired) electrons. The van der Waals surface area contributed by atoms with E-state index in [2.05, 4.69) is 28.7 Å². The molecule has 0 unspecified atom stereocenters. The van der Waals surface area contributed by atoms with Crippen molar-refractivity contribution >= 4 is 11.9 Å². The Kier molecular flexibility index (Phi) is 6.23. The maximum Gasteiger partial charge on any atom is 0.317 e. The highest BCUT2D eigenvalue weighted by Gasteiger charge is 2.24. The van der Waals surface area contributed by atoms with Gasteiger partial charge in [-0.3, -0.25) is 9.48 Å². The number of carbonyl (C=O) groups is 2. The fraction of sp³-hybridized carbons (Fsp3) is 0.706. The molecule has 1 aliphatic heterocycles. The minimum Gasteiger partial charge on any atom is -0.352 e. The van der Waals surface area contributed by atoms with E-state index in [1.807, 2.05) is 18.5 Å². The van der Waals surface area contributed by atoms with Crippen molar-refractivity contribution in [1.29, 1.82) is 0 Å². The van der Waals surface area contributed by atoms with Crippen molar-refractivity contribution in [1.82, 2.24) is 25.3 Å². The number of aryl methyl sites for hydroxylation is 2. The van der Waals surface area contributed by atoms with Crippen LogP contribution in [0.2, 0.25) is 0 Å². The molecule has 0 bridgehead atoms. The van der Waals surface area contributed by atoms with Gasteiger partial charge in [-0.1, -0.05) is 6.92 Å². The van der Waals surface area contributed by atoms with Gasteiger partial charge in [0.2, 0.25) is 5.91 Å². The molecule has 2 rings (SSSR count). The van der Waals surface area contributed by atoms with Gasteiger partial charge in [0.15, 0.2) is 0 Å². The number of hydrogen-bond acceptors (Lipinski definition) is 3. The molecule has 0 aromatic carbocycles. The van der Waals surface area contributed by atoms with Gasteiger partial charge in [-0.2, -0.15) is 5.10 Å². The van der Waals surface area contributed by atoms with E-state index in [4.69, 9.17) is 0 Å². The second-order valence-corrected chi connectivity index (χ2v) is 6.89. The van der Waals surface area contributed by atoms with Crippen LogP contribution in [0.5, 0.6) is 0 Å². The normalized spacial score (nSPS) is 19.0. The lowest BCUT2D eigenvalue weighted by atomic mass is 10.1. The van der Waals surface area contributed by atoms with Gasteiger partial charge in [0.05, 0.1) is 5.69 Å². The maximum absolute atomic E-state index is 12.3. The summed E-state index contributed by atoms with van der Waals surface area (Å²) in [5, 5.41) is 10.4. The van der Waals surface area contributed by atoms with Crippen LogP contribution in [0.3, 0.4) is 0 Å². The SMILES string of the molecule is CC(=O)N[C@H]1CCCN(C(=O)NC[C@@H](C)Cn2nc(C)cc2C)C1. The van der Waals surface area contributed by atoms with Crippen molar-refractivity contribution in [3.8, 4) is 0 Å². The zero-order valence-electron chi connectivity index (χ0n) is 15.1. The quantitative estimate of drug-likeness (QED) is 0.855. The Balaban J connectivity index is 1.77. The average molecular weight is 335 g/mol. The highest BCUT2D eigenvalue weighted by Crippen LogP contribution is 2.11. The van der Waals surface area contributed by atoms with Crippen LogP contribution in [-0.4, -0.2) is 52.3 Å². The van der Waals surface area contributed by atoms with E-state index in [0.29, 0.717) is 19.0 Å². The lowest BCUT2D eigenvalue weighted by Gasteiger charge is -2.33. The predicted molar refractivity (Wildman–Crippen MR) is 92.7 cm³/mol. The van der Waals surface area contributed by atoms with E-state index >= 15 is 0 Å². The third-order valence-corrected chi connectivity index (χ3v) is 4.31. The minimum absolute atomic E-state index is 0.0410. The van der Waals surface area contributed by atoms with Crippen molar-refractivity contribution in [3.05, 3.63) is 17.5 Å². The number of nitrogens with one attached hydrogen (secondary N) is 2. The Bertz CT molecular complexity index is 584. The van der Waals surface area contributed by atoms with Gasteiger partial charge in [0.1, 0.15) is 0 Å². The largest absolute Gasteiger partial charge is 0.352 e. The van der Waals surface area contributed by atoms with Crippen molar-refractivity contribution < 1.29 is 9.59 Å². The van der Waals surface area contributed by atoms with Crippen LogP contribution in [0.4, 0.5) is 4.79 Å². The number of amides is 3. The molecule has 2 atom stereocenters. The van der Waals surface area contributed by atoms with Gasteiger partial charge in [-0.15, -0.1) is 0 Å². The molecule has 24 heavy (non-hydrogen) atoms. The molecule has 2 N–H and O–H groups in total. The molecular formula is C17H29N5O2. The van der Waals surface area contributed by atoms with E-state index in [9.17, 15) is 9.59 Å². The van der Waals surface area contributed by atoms with Crippen molar-refractivity contribution in [3.63, 3.8) is 0 Å².